The fourth-order valence-corrected chi connectivity index (χ4v) is 3.89. The average molecular weight is 473 g/mol. The zero-order valence-electron chi connectivity index (χ0n) is 19.3. The molecule has 0 N–H and O–H groups in total. The van der Waals surface area contributed by atoms with Crippen LogP contribution in [0, 0.1) is 35.3 Å². The molecule has 3 aromatic rings. The molecule has 1 amide bonds. The van der Waals surface area contributed by atoms with Crippen LogP contribution >= 0.6 is 0 Å². The lowest BCUT2D eigenvalue weighted by molar-refractivity contribution is -0.385. The minimum absolute atomic E-state index is 0.0893. The van der Waals surface area contributed by atoms with E-state index in [0.717, 1.165) is 28.8 Å². The van der Waals surface area contributed by atoms with E-state index in [1.807, 2.05) is 42.7 Å². The van der Waals surface area contributed by atoms with Crippen molar-refractivity contribution in [2.24, 2.45) is 0 Å². The van der Waals surface area contributed by atoms with Gasteiger partial charge in [0.25, 0.3) is 11.6 Å². The zero-order chi connectivity index (χ0) is 24.9. The van der Waals surface area contributed by atoms with E-state index in [1.54, 1.807) is 23.1 Å². The monoisotopic (exact) mass is 473 g/mol. The lowest BCUT2D eigenvalue weighted by Crippen LogP contribution is -2.41. The molecule has 4 rings (SSSR count). The SMILES string of the molecule is Cc1cc(/C=C(\C#N)C(=O)N2CCOCC2)c(C)n1-c1ccc(Oc2ccc([N+](=O)[O-])cn2)cc1. The molecule has 2 aromatic heterocycles. The molecule has 1 saturated heterocycles. The number of carbonyl (C=O) groups is 1. The third-order valence-corrected chi connectivity index (χ3v) is 5.67. The molecule has 10 heteroatoms. The van der Waals surface area contributed by atoms with Crippen LogP contribution in [0.4, 0.5) is 5.69 Å². The predicted octanol–water partition coefficient (Wildman–Crippen LogP) is 3.96. The summed E-state index contributed by atoms with van der Waals surface area (Å²) in [5.41, 5.74) is 3.47. The van der Waals surface area contributed by atoms with E-state index in [2.05, 4.69) is 4.98 Å². The Morgan fingerprint density at radius 1 is 1.20 bits per heavy atom. The number of aryl methyl sites for hydroxylation is 1. The second kappa shape index (κ2) is 10.2. The molecule has 1 aromatic carbocycles. The number of nitro groups is 1. The number of carbonyl (C=O) groups excluding carboxylic acids is 1. The first-order valence-electron chi connectivity index (χ1n) is 10.9. The average Bonchev–Trinajstić information content (AvgIpc) is 3.16. The van der Waals surface area contributed by atoms with E-state index in [4.69, 9.17) is 9.47 Å². The zero-order valence-corrected chi connectivity index (χ0v) is 19.3. The maximum absolute atomic E-state index is 12.8. The van der Waals surface area contributed by atoms with Crippen LogP contribution < -0.4 is 4.74 Å². The van der Waals surface area contributed by atoms with Crippen LogP contribution in [-0.2, 0) is 9.53 Å². The molecule has 1 aliphatic heterocycles. The summed E-state index contributed by atoms with van der Waals surface area (Å²) >= 11 is 0. The van der Waals surface area contributed by atoms with Gasteiger partial charge in [-0.2, -0.15) is 5.26 Å². The molecular formula is C25H23N5O5. The molecule has 0 aliphatic carbocycles. The Kier molecular flexibility index (Phi) is 6.89. The molecule has 1 fully saturated rings. The molecule has 0 bridgehead atoms. The summed E-state index contributed by atoms with van der Waals surface area (Å²) in [4.78, 5) is 28.6. The molecule has 0 spiro atoms. The number of hydrogen-bond acceptors (Lipinski definition) is 7. The fourth-order valence-electron chi connectivity index (χ4n) is 3.89. The van der Waals surface area contributed by atoms with Crippen molar-refractivity contribution < 1.29 is 19.2 Å². The quantitative estimate of drug-likeness (QED) is 0.230. The topological polar surface area (TPSA) is 124 Å². The first-order chi connectivity index (χ1) is 16.9. The van der Waals surface area contributed by atoms with Crippen molar-refractivity contribution in [2.75, 3.05) is 26.3 Å². The lowest BCUT2D eigenvalue weighted by atomic mass is 10.1. The largest absolute Gasteiger partial charge is 0.439 e. The van der Waals surface area contributed by atoms with Crippen molar-refractivity contribution >= 4 is 17.7 Å². The van der Waals surface area contributed by atoms with Crippen molar-refractivity contribution in [3.05, 3.63) is 81.3 Å². The Bertz CT molecular complexity index is 1310. The van der Waals surface area contributed by atoms with E-state index >= 15 is 0 Å². The van der Waals surface area contributed by atoms with Crippen LogP contribution in [-0.4, -0.2) is 51.6 Å². The fraction of sp³-hybridized carbons (Fsp3) is 0.240. The number of amides is 1. The van der Waals surface area contributed by atoms with E-state index in [9.17, 15) is 20.2 Å². The molecule has 1 aliphatic rings. The van der Waals surface area contributed by atoms with Gasteiger partial charge in [0.05, 0.1) is 18.1 Å². The van der Waals surface area contributed by atoms with Crippen molar-refractivity contribution in [1.82, 2.24) is 14.5 Å². The minimum Gasteiger partial charge on any atom is -0.439 e. The van der Waals surface area contributed by atoms with Crippen LogP contribution in [0.5, 0.6) is 11.6 Å². The first kappa shape index (κ1) is 23.7. The summed E-state index contributed by atoms with van der Waals surface area (Å²) in [6, 6.07) is 14.0. The first-order valence-corrected chi connectivity index (χ1v) is 10.9. The Hall–Kier alpha value is -4.49. The van der Waals surface area contributed by atoms with Gasteiger partial charge in [-0.3, -0.25) is 14.9 Å². The van der Waals surface area contributed by atoms with E-state index in [1.165, 1.54) is 12.1 Å². The van der Waals surface area contributed by atoms with Gasteiger partial charge in [0.1, 0.15) is 23.6 Å². The molecule has 0 atom stereocenters. The van der Waals surface area contributed by atoms with Crippen LogP contribution in [0.1, 0.15) is 17.0 Å². The number of nitrogens with zero attached hydrogens (tertiary/aromatic N) is 5. The molecule has 3 heterocycles. The van der Waals surface area contributed by atoms with Gasteiger partial charge in [-0.05, 0) is 55.8 Å². The smallest absolute Gasteiger partial charge is 0.287 e. The predicted molar refractivity (Wildman–Crippen MR) is 127 cm³/mol. The van der Waals surface area contributed by atoms with Gasteiger partial charge in [0.15, 0.2) is 0 Å². The number of morpholine rings is 1. The molecule has 0 radical (unpaired) electrons. The third-order valence-electron chi connectivity index (χ3n) is 5.67. The highest BCUT2D eigenvalue weighted by atomic mass is 16.6. The van der Waals surface area contributed by atoms with E-state index in [0.29, 0.717) is 32.1 Å². The number of aromatic nitrogens is 2. The number of ether oxygens (including phenoxy) is 2. The molecule has 0 saturated carbocycles. The Balaban J connectivity index is 1.54. The highest BCUT2D eigenvalue weighted by molar-refractivity contribution is 6.01. The van der Waals surface area contributed by atoms with Crippen molar-refractivity contribution in [3.8, 4) is 23.4 Å². The summed E-state index contributed by atoms with van der Waals surface area (Å²) in [6.07, 6.45) is 2.78. The Morgan fingerprint density at radius 3 is 2.51 bits per heavy atom. The number of hydrogen-bond donors (Lipinski definition) is 0. The minimum atomic E-state index is -0.519. The second-order valence-corrected chi connectivity index (χ2v) is 7.94. The molecule has 178 valence electrons. The summed E-state index contributed by atoms with van der Waals surface area (Å²) < 4.78 is 13.0. The Labute approximate surface area is 201 Å². The van der Waals surface area contributed by atoms with Gasteiger partial charge in [-0.25, -0.2) is 4.98 Å². The maximum Gasteiger partial charge on any atom is 0.287 e. The van der Waals surface area contributed by atoms with E-state index in [-0.39, 0.29) is 23.0 Å². The van der Waals surface area contributed by atoms with Gasteiger partial charge in [-0.15, -0.1) is 0 Å². The normalized spacial score (nSPS) is 13.9. The number of benzene rings is 1. The summed E-state index contributed by atoms with van der Waals surface area (Å²) in [6.45, 7) is 5.77. The lowest BCUT2D eigenvalue weighted by Gasteiger charge is -2.26. The molecule has 10 nitrogen and oxygen atoms in total. The van der Waals surface area contributed by atoms with E-state index < -0.39 is 4.92 Å². The van der Waals surface area contributed by atoms with Gasteiger partial charge in [0, 0.05) is 42.3 Å². The summed E-state index contributed by atoms with van der Waals surface area (Å²) in [5.74, 6) is 0.487. The second-order valence-electron chi connectivity index (χ2n) is 7.94. The molecule has 0 unspecified atom stereocenters. The molecule has 35 heavy (non-hydrogen) atoms. The van der Waals surface area contributed by atoms with Crippen molar-refractivity contribution in [1.29, 1.82) is 5.26 Å². The van der Waals surface area contributed by atoms with Gasteiger partial charge in [-0.1, -0.05) is 0 Å². The number of pyridine rings is 1. The standard InChI is InChI=1S/C25H23N5O5/c1-17-13-19(14-20(15-26)25(31)28-9-11-34-12-10-28)18(2)29(17)21-3-6-23(7-4-21)35-24-8-5-22(16-27-24)30(32)33/h3-8,13-14,16H,9-12H2,1-2H3/b20-14+. The third kappa shape index (κ3) is 5.20. The summed E-state index contributed by atoms with van der Waals surface area (Å²) in [5, 5.41) is 20.4. The number of nitriles is 1. The maximum atomic E-state index is 12.8. The van der Waals surface area contributed by atoms with Crippen LogP contribution in [0.25, 0.3) is 11.8 Å². The van der Waals surface area contributed by atoms with Gasteiger partial charge in [0.2, 0.25) is 5.88 Å². The van der Waals surface area contributed by atoms with Gasteiger partial charge >= 0.3 is 0 Å². The number of rotatable bonds is 6. The van der Waals surface area contributed by atoms with Crippen LogP contribution in [0.15, 0.2) is 54.2 Å². The summed E-state index contributed by atoms with van der Waals surface area (Å²) in [7, 11) is 0. The van der Waals surface area contributed by atoms with Crippen molar-refractivity contribution in [3.63, 3.8) is 0 Å². The van der Waals surface area contributed by atoms with Gasteiger partial charge < -0.3 is 18.9 Å². The van der Waals surface area contributed by atoms with Crippen molar-refractivity contribution in [2.45, 2.75) is 13.8 Å². The highest BCUT2D eigenvalue weighted by Crippen LogP contribution is 2.26. The highest BCUT2D eigenvalue weighted by Gasteiger charge is 2.21. The molecular weight excluding hydrogens is 450 g/mol. The Morgan fingerprint density at radius 2 is 1.91 bits per heavy atom. The van der Waals surface area contributed by atoms with Crippen LogP contribution in [0.2, 0.25) is 0 Å². The van der Waals surface area contributed by atoms with Crippen LogP contribution in [0.3, 0.4) is 0 Å².